The molecule has 1 aliphatic rings. The number of hydrazine groups is 1. The maximum absolute atomic E-state index is 13.4. The van der Waals surface area contributed by atoms with Crippen molar-refractivity contribution in [2.75, 3.05) is 19.6 Å². The number of rotatable bonds is 5. The molecular formula is C24H36FN5O2. The molecule has 176 valence electrons. The van der Waals surface area contributed by atoms with Crippen molar-refractivity contribution in [3.63, 3.8) is 0 Å². The molecule has 0 spiro atoms. The molecular weight excluding hydrogens is 409 g/mol. The molecule has 0 radical (unpaired) electrons. The zero-order chi connectivity index (χ0) is 24.3. The first-order valence-electron chi connectivity index (χ1n) is 10.9. The summed E-state index contributed by atoms with van der Waals surface area (Å²) < 4.78 is 17.6. The topological polar surface area (TPSA) is 83.1 Å². The Morgan fingerprint density at radius 2 is 2.06 bits per heavy atom. The number of esters is 1. The van der Waals surface area contributed by atoms with Crippen LogP contribution in [-0.2, 0) is 9.53 Å². The molecule has 32 heavy (non-hydrogen) atoms. The number of carbonyl (C=O) groups excluding carboxylic acids is 1. The third-order valence-electron chi connectivity index (χ3n) is 4.79. The van der Waals surface area contributed by atoms with E-state index in [0.717, 1.165) is 22.6 Å². The van der Waals surface area contributed by atoms with Crippen LogP contribution in [0.25, 0.3) is 11.4 Å². The highest BCUT2D eigenvalue weighted by molar-refractivity contribution is 5.68. The Morgan fingerprint density at radius 3 is 2.56 bits per heavy atom. The molecule has 2 aromatic rings. The second kappa shape index (κ2) is 13.4. The predicted octanol–water partition coefficient (Wildman–Crippen LogP) is 5.75. The number of hydrogen-bond acceptors (Lipinski definition) is 6. The van der Waals surface area contributed by atoms with E-state index in [0.29, 0.717) is 12.2 Å². The Kier molecular flexibility index (Phi) is 11.3. The van der Waals surface area contributed by atoms with E-state index >= 15 is 0 Å². The van der Waals surface area contributed by atoms with E-state index in [2.05, 4.69) is 43.3 Å². The number of ether oxygens (including phenoxy) is 1. The first-order chi connectivity index (χ1) is 15.3. The van der Waals surface area contributed by atoms with Crippen molar-refractivity contribution in [1.29, 1.82) is 0 Å². The minimum Gasteiger partial charge on any atom is -0.469 e. The number of methoxy groups -OCH3 is 1. The predicted molar refractivity (Wildman–Crippen MR) is 128 cm³/mol. The van der Waals surface area contributed by atoms with Crippen molar-refractivity contribution >= 4 is 11.7 Å². The number of nitrogens with one attached hydrogen (secondary N) is 2. The highest BCUT2D eigenvalue weighted by atomic mass is 19.1. The van der Waals surface area contributed by atoms with E-state index in [1.165, 1.54) is 19.3 Å². The van der Waals surface area contributed by atoms with E-state index < -0.39 is 0 Å². The fourth-order valence-electron chi connectivity index (χ4n) is 3.21. The molecule has 1 aromatic carbocycles. The van der Waals surface area contributed by atoms with Crippen LogP contribution in [0.1, 0.15) is 58.5 Å². The van der Waals surface area contributed by atoms with Gasteiger partial charge >= 0.3 is 5.97 Å². The van der Waals surface area contributed by atoms with Crippen LogP contribution in [0.3, 0.4) is 0 Å². The molecule has 0 saturated heterocycles. The van der Waals surface area contributed by atoms with Crippen LogP contribution in [0.5, 0.6) is 0 Å². The standard InChI is InChI=1S/C18H22FN5.C4H8O2.C2H6/c1-5-14(19)8-6-11(2)17-15-10-13(18-20-12(3)21-22-18)7-9-16(15)23-24(17)4;1-3-4(5)6-2;1-2/h5-11,17,23H,1-4H3,(H,20,21,22);3H2,1-2H3;1-2H3/b8-6-,14-5+;;. The van der Waals surface area contributed by atoms with E-state index in [1.54, 1.807) is 13.8 Å². The molecule has 0 fully saturated rings. The van der Waals surface area contributed by atoms with E-state index in [9.17, 15) is 9.18 Å². The molecule has 2 unspecified atom stereocenters. The van der Waals surface area contributed by atoms with Gasteiger partial charge in [-0.3, -0.25) is 9.89 Å². The van der Waals surface area contributed by atoms with Crippen LogP contribution in [0.4, 0.5) is 10.1 Å². The molecule has 0 amide bonds. The molecule has 0 saturated carbocycles. The van der Waals surface area contributed by atoms with Gasteiger partial charge in [0.15, 0.2) is 5.82 Å². The van der Waals surface area contributed by atoms with Crippen molar-refractivity contribution in [2.24, 2.45) is 5.92 Å². The number of anilines is 1. The molecule has 2 heterocycles. The zero-order valence-corrected chi connectivity index (χ0v) is 20.4. The van der Waals surface area contributed by atoms with Gasteiger partial charge in [-0.15, -0.1) is 0 Å². The fraction of sp³-hybridized carbons (Fsp3) is 0.458. The van der Waals surface area contributed by atoms with Crippen molar-refractivity contribution in [1.82, 2.24) is 20.2 Å². The zero-order valence-electron chi connectivity index (χ0n) is 20.4. The first kappa shape index (κ1) is 27.0. The molecule has 3 rings (SSSR count). The number of benzene rings is 1. The minimum atomic E-state index is -0.222. The summed E-state index contributed by atoms with van der Waals surface area (Å²) >= 11 is 0. The van der Waals surface area contributed by atoms with Gasteiger partial charge < -0.3 is 10.2 Å². The van der Waals surface area contributed by atoms with Gasteiger partial charge in [0.05, 0.1) is 18.8 Å². The summed E-state index contributed by atoms with van der Waals surface area (Å²) in [5.41, 5.74) is 6.55. The lowest BCUT2D eigenvalue weighted by molar-refractivity contribution is -0.140. The number of fused-ring (bicyclic) bond motifs is 1. The molecule has 2 atom stereocenters. The molecule has 0 aliphatic carbocycles. The van der Waals surface area contributed by atoms with Gasteiger partial charge in [-0.25, -0.2) is 14.4 Å². The van der Waals surface area contributed by atoms with Gasteiger partial charge in [0, 0.05) is 19.0 Å². The second-order valence-corrected chi connectivity index (χ2v) is 7.04. The highest BCUT2D eigenvalue weighted by Crippen LogP contribution is 2.41. The SMILES string of the molecule is C/C=C(F)\C=C/C(C)C1c2cc(-c3n[nH]c(C)n3)ccc2NN1C.CC.CCC(=O)OC. The maximum Gasteiger partial charge on any atom is 0.305 e. The molecule has 2 N–H and O–H groups in total. The summed E-state index contributed by atoms with van der Waals surface area (Å²) in [7, 11) is 3.38. The average Bonchev–Trinajstić information content (AvgIpc) is 3.39. The van der Waals surface area contributed by atoms with Crippen molar-refractivity contribution in [3.05, 3.63) is 53.6 Å². The van der Waals surface area contributed by atoms with Gasteiger partial charge in [-0.1, -0.05) is 39.8 Å². The summed E-state index contributed by atoms with van der Waals surface area (Å²) in [6.45, 7) is 11.4. The quantitative estimate of drug-likeness (QED) is 0.450. The summed E-state index contributed by atoms with van der Waals surface area (Å²) in [6.07, 6.45) is 5.35. The molecule has 1 aromatic heterocycles. The lowest BCUT2D eigenvalue weighted by Crippen LogP contribution is -2.26. The molecule has 7 nitrogen and oxygen atoms in total. The lowest BCUT2D eigenvalue weighted by Gasteiger charge is -2.24. The Balaban J connectivity index is 0.000000556. The van der Waals surface area contributed by atoms with Crippen molar-refractivity contribution in [3.8, 4) is 11.4 Å². The Hall–Kier alpha value is -3.00. The summed E-state index contributed by atoms with van der Waals surface area (Å²) in [4.78, 5) is 14.4. The fourth-order valence-corrected chi connectivity index (χ4v) is 3.21. The number of halogens is 1. The Bertz CT molecular complexity index is 917. The highest BCUT2D eigenvalue weighted by Gasteiger charge is 2.31. The number of nitrogens with zero attached hydrogens (tertiary/aromatic N) is 3. The normalized spacial score (nSPS) is 16.3. The van der Waals surface area contributed by atoms with Crippen LogP contribution in [-0.4, -0.2) is 40.3 Å². The number of allylic oxidation sites excluding steroid dienone is 3. The first-order valence-corrected chi connectivity index (χ1v) is 10.9. The van der Waals surface area contributed by atoms with E-state index in [-0.39, 0.29) is 23.8 Å². The van der Waals surface area contributed by atoms with E-state index in [1.807, 2.05) is 46.0 Å². The molecule has 8 heteroatoms. The number of carbonyl (C=O) groups is 1. The Morgan fingerprint density at radius 1 is 1.38 bits per heavy atom. The molecule has 1 aliphatic heterocycles. The van der Waals surface area contributed by atoms with Crippen LogP contribution in [0.15, 0.2) is 42.3 Å². The van der Waals surface area contributed by atoms with Gasteiger partial charge in [-0.05, 0) is 49.6 Å². The van der Waals surface area contributed by atoms with Crippen LogP contribution in [0, 0.1) is 12.8 Å². The third kappa shape index (κ3) is 7.30. The Labute approximate surface area is 190 Å². The van der Waals surface area contributed by atoms with Gasteiger partial charge in [0.1, 0.15) is 11.7 Å². The summed E-state index contributed by atoms with van der Waals surface area (Å²) in [5, 5.41) is 9.16. The average molecular weight is 446 g/mol. The summed E-state index contributed by atoms with van der Waals surface area (Å²) in [5.74, 6) is 1.23. The van der Waals surface area contributed by atoms with Crippen LogP contribution >= 0.6 is 0 Å². The largest absolute Gasteiger partial charge is 0.469 e. The van der Waals surface area contributed by atoms with Gasteiger partial charge in [0.2, 0.25) is 0 Å². The van der Waals surface area contributed by atoms with Gasteiger partial charge in [0.25, 0.3) is 0 Å². The lowest BCUT2D eigenvalue weighted by atomic mass is 9.92. The number of hydrogen-bond donors (Lipinski definition) is 2. The van der Waals surface area contributed by atoms with E-state index in [4.69, 9.17) is 0 Å². The second-order valence-electron chi connectivity index (χ2n) is 7.04. The third-order valence-corrected chi connectivity index (χ3v) is 4.79. The van der Waals surface area contributed by atoms with Crippen molar-refractivity contribution < 1.29 is 13.9 Å². The minimum absolute atomic E-state index is 0.112. The molecule has 0 bridgehead atoms. The number of H-pyrrole nitrogens is 1. The van der Waals surface area contributed by atoms with Gasteiger partial charge in [-0.2, -0.15) is 5.10 Å². The number of aromatic nitrogens is 3. The smallest absolute Gasteiger partial charge is 0.305 e. The van der Waals surface area contributed by atoms with Crippen LogP contribution < -0.4 is 5.43 Å². The number of aryl methyl sites for hydroxylation is 1. The monoisotopic (exact) mass is 445 g/mol. The van der Waals surface area contributed by atoms with Crippen LogP contribution in [0.2, 0.25) is 0 Å². The van der Waals surface area contributed by atoms with Crippen molar-refractivity contribution in [2.45, 2.75) is 54.0 Å². The maximum atomic E-state index is 13.4. The summed E-state index contributed by atoms with van der Waals surface area (Å²) in [6, 6.07) is 6.26. The number of aromatic amines is 1.